The van der Waals surface area contributed by atoms with Gasteiger partial charge in [-0.2, -0.15) is 0 Å². The monoisotopic (exact) mass is 310 g/mol. The zero-order valence-corrected chi connectivity index (χ0v) is 12.9. The van der Waals surface area contributed by atoms with Crippen LogP contribution in [-0.2, 0) is 16.4 Å². The normalized spacial score (nSPS) is 21.8. The maximum atomic E-state index is 12.3. The number of sulfonamides is 1. The Morgan fingerprint density at radius 3 is 3.10 bits per heavy atom. The predicted octanol–water partition coefficient (Wildman–Crippen LogP) is 1.29. The van der Waals surface area contributed by atoms with Crippen molar-refractivity contribution < 1.29 is 13.2 Å². The summed E-state index contributed by atoms with van der Waals surface area (Å²) in [6, 6.07) is 5.14. The molecule has 21 heavy (non-hydrogen) atoms. The molecule has 3 rings (SSSR count). The molecule has 116 valence electrons. The summed E-state index contributed by atoms with van der Waals surface area (Å²) < 4.78 is 32.9. The molecule has 1 aromatic carbocycles. The number of aryl methyl sites for hydroxylation is 1. The van der Waals surface area contributed by atoms with Gasteiger partial charge in [0.15, 0.2) is 0 Å². The molecule has 2 heterocycles. The van der Waals surface area contributed by atoms with Crippen molar-refractivity contribution in [3.05, 3.63) is 23.8 Å². The molecular weight excluding hydrogens is 288 g/mol. The average molecular weight is 310 g/mol. The Morgan fingerprint density at radius 1 is 1.38 bits per heavy atom. The molecule has 1 saturated heterocycles. The van der Waals surface area contributed by atoms with Crippen molar-refractivity contribution in [3.8, 4) is 5.75 Å². The van der Waals surface area contributed by atoms with E-state index in [2.05, 4.69) is 10.0 Å². The highest BCUT2D eigenvalue weighted by Gasteiger charge is 2.19. The Labute approximate surface area is 126 Å². The van der Waals surface area contributed by atoms with Gasteiger partial charge in [-0.15, -0.1) is 0 Å². The summed E-state index contributed by atoms with van der Waals surface area (Å²) in [5, 5.41) is 3.29. The van der Waals surface area contributed by atoms with Gasteiger partial charge in [-0.05, 0) is 68.5 Å². The number of benzene rings is 1. The van der Waals surface area contributed by atoms with E-state index in [1.165, 1.54) is 0 Å². The fourth-order valence-corrected chi connectivity index (χ4v) is 4.04. The van der Waals surface area contributed by atoms with E-state index in [-0.39, 0.29) is 0 Å². The molecule has 1 unspecified atom stereocenters. The van der Waals surface area contributed by atoms with Crippen LogP contribution < -0.4 is 14.8 Å². The second-order valence-electron chi connectivity index (χ2n) is 5.77. The van der Waals surface area contributed by atoms with Crippen molar-refractivity contribution >= 4 is 10.0 Å². The van der Waals surface area contributed by atoms with Crippen LogP contribution in [0.2, 0.25) is 0 Å². The predicted molar refractivity (Wildman–Crippen MR) is 81.0 cm³/mol. The summed E-state index contributed by atoms with van der Waals surface area (Å²) in [4.78, 5) is 0.344. The van der Waals surface area contributed by atoms with E-state index >= 15 is 0 Å². The third-order valence-corrected chi connectivity index (χ3v) is 5.66. The highest BCUT2D eigenvalue weighted by Crippen LogP contribution is 2.27. The number of fused-ring (bicyclic) bond motifs is 1. The van der Waals surface area contributed by atoms with Crippen molar-refractivity contribution in [1.82, 2.24) is 10.0 Å². The van der Waals surface area contributed by atoms with Crippen molar-refractivity contribution in [2.75, 3.05) is 26.2 Å². The van der Waals surface area contributed by atoms with Gasteiger partial charge in [0.1, 0.15) is 5.75 Å². The fraction of sp³-hybridized carbons (Fsp3) is 0.600. The Balaban J connectivity index is 1.63. The quantitative estimate of drug-likeness (QED) is 0.860. The van der Waals surface area contributed by atoms with Crippen molar-refractivity contribution in [2.24, 2.45) is 5.92 Å². The van der Waals surface area contributed by atoms with E-state index in [1.807, 2.05) is 0 Å². The van der Waals surface area contributed by atoms with Gasteiger partial charge < -0.3 is 10.1 Å². The second-order valence-corrected chi connectivity index (χ2v) is 7.53. The lowest BCUT2D eigenvalue weighted by Gasteiger charge is -2.18. The van der Waals surface area contributed by atoms with Gasteiger partial charge in [0.25, 0.3) is 0 Å². The van der Waals surface area contributed by atoms with Crippen LogP contribution in [0.25, 0.3) is 0 Å². The summed E-state index contributed by atoms with van der Waals surface area (Å²) in [5.41, 5.74) is 0.990. The highest BCUT2D eigenvalue weighted by atomic mass is 32.2. The van der Waals surface area contributed by atoms with Gasteiger partial charge in [-0.3, -0.25) is 0 Å². The molecule has 2 N–H and O–H groups in total. The van der Waals surface area contributed by atoms with Gasteiger partial charge in [0.05, 0.1) is 11.5 Å². The summed E-state index contributed by atoms with van der Waals surface area (Å²) in [7, 11) is -3.41. The Bertz CT molecular complexity index is 595. The largest absolute Gasteiger partial charge is 0.493 e. The maximum absolute atomic E-state index is 12.3. The summed E-state index contributed by atoms with van der Waals surface area (Å²) >= 11 is 0. The van der Waals surface area contributed by atoms with Crippen LogP contribution in [0.1, 0.15) is 24.8 Å². The van der Waals surface area contributed by atoms with E-state index in [1.54, 1.807) is 18.2 Å². The molecule has 5 nitrogen and oxygen atoms in total. The molecule has 2 aliphatic rings. The van der Waals surface area contributed by atoms with Crippen LogP contribution in [-0.4, -0.2) is 34.7 Å². The molecule has 1 fully saturated rings. The molecule has 1 aromatic rings. The van der Waals surface area contributed by atoms with E-state index < -0.39 is 10.0 Å². The first-order valence-corrected chi connectivity index (χ1v) is 9.09. The molecule has 0 radical (unpaired) electrons. The van der Waals surface area contributed by atoms with Crippen LogP contribution in [0.15, 0.2) is 23.1 Å². The second kappa shape index (κ2) is 6.34. The first kappa shape index (κ1) is 14.8. The highest BCUT2D eigenvalue weighted by molar-refractivity contribution is 7.89. The van der Waals surface area contributed by atoms with Gasteiger partial charge in [-0.25, -0.2) is 13.1 Å². The molecule has 0 aromatic heterocycles. The SMILES string of the molecule is O=S(=O)(NCCC1CCNC1)c1ccc2c(c1)CCCO2. The van der Waals surface area contributed by atoms with Crippen LogP contribution in [0, 0.1) is 5.92 Å². The zero-order chi connectivity index (χ0) is 14.7. The van der Waals surface area contributed by atoms with E-state index in [9.17, 15) is 8.42 Å². The molecule has 0 amide bonds. The number of hydrogen-bond acceptors (Lipinski definition) is 4. The van der Waals surface area contributed by atoms with E-state index in [0.717, 1.165) is 50.1 Å². The Hall–Kier alpha value is -1.11. The first-order valence-electron chi connectivity index (χ1n) is 7.61. The minimum atomic E-state index is -3.41. The lowest BCUT2D eigenvalue weighted by molar-refractivity contribution is 0.288. The minimum absolute atomic E-state index is 0.344. The van der Waals surface area contributed by atoms with Crippen LogP contribution in [0.5, 0.6) is 5.75 Å². The molecule has 0 saturated carbocycles. The number of ether oxygens (including phenoxy) is 1. The van der Waals surface area contributed by atoms with Crippen molar-refractivity contribution in [2.45, 2.75) is 30.6 Å². The zero-order valence-electron chi connectivity index (χ0n) is 12.1. The molecule has 6 heteroatoms. The smallest absolute Gasteiger partial charge is 0.240 e. The molecule has 0 spiro atoms. The Morgan fingerprint density at radius 2 is 2.29 bits per heavy atom. The summed E-state index contributed by atoms with van der Waals surface area (Å²) in [6.07, 6.45) is 3.85. The van der Waals surface area contributed by atoms with Gasteiger partial charge in [-0.1, -0.05) is 0 Å². The first-order chi connectivity index (χ1) is 10.1. The third-order valence-electron chi connectivity index (χ3n) is 4.20. The van der Waals surface area contributed by atoms with E-state index in [4.69, 9.17) is 4.74 Å². The van der Waals surface area contributed by atoms with Gasteiger partial charge in [0, 0.05) is 6.54 Å². The third kappa shape index (κ3) is 3.56. The standard InChI is InChI=1S/C15H22N2O3S/c18-21(19,17-8-6-12-5-7-16-11-12)14-3-4-15-13(10-14)2-1-9-20-15/h3-4,10,12,16-17H,1-2,5-9,11H2. The Kier molecular flexibility index (Phi) is 4.47. The fourth-order valence-electron chi connectivity index (χ4n) is 2.95. The maximum Gasteiger partial charge on any atom is 0.240 e. The lowest BCUT2D eigenvalue weighted by Crippen LogP contribution is -2.27. The lowest BCUT2D eigenvalue weighted by atomic mass is 10.1. The van der Waals surface area contributed by atoms with Crippen molar-refractivity contribution in [1.29, 1.82) is 0 Å². The van der Waals surface area contributed by atoms with Crippen LogP contribution in [0.4, 0.5) is 0 Å². The average Bonchev–Trinajstić information content (AvgIpc) is 3.00. The number of rotatable bonds is 5. The van der Waals surface area contributed by atoms with Crippen molar-refractivity contribution in [3.63, 3.8) is 0 Å². The van der Waals surface area contributed by atoms with Gasteiger partial charge >= 0.3 is 0 Å². The topological polar surface area (TPSA) is 67.4 Å². The molecule has 0 aliphatic carbocycles. The van der Waals surface area contributed by atoms with Crippen LogP contribution in [0.3, 0.4) is 0 Å². The number of nitrogens with one attached hydrogen (secondary N) is 2. The molecule has 1 atom stereocenters. The minimum Gasteiger partial charge on any atom is -0.493 e. The van der Waals surface area contributed by atoms with Crippen LogP contribution >= 0.6 is 0 Å². The van der Waals surface area contributed by atoms with Gasteiger partial charge in [0.2, 0.25) is 10.0 Å². The summed E-state index contributed by atoms with van der Waals surface area (Å²) in [6.45, 7) is 3.26. The van der Waals surface area contributed by atoms with E-state index in [0.29, 0.717) is 24.0 Å². The molecule has 2 aliphatic heterocycles. The molecular formula is C15H22N2O3S. The molecule has 0 bridgehead atoms. The number of hydrogen-bond donors (Lipinski definition) is 2. The summed E-state index contributed by atoms with van der Waals surface area (Å²) in [5.74, 6) is 1.40.